The van der Waals surface area contributed by atoms with Gasteiger partial charge >= 0.3 is 0 Å². The summed E-state index contributed by atoms with van der Waals surface area (Å²) in [5.74, 6) is 0.633. The van der Waals surface area contributed by atoms with Crippen molar-refractivity contribution in [3.8, 4) is 0 Å². The first-order valence-electron chi connectivity index (χ1n) is 6.56. The Kier molecular flexibility index (Phi) is 6.95. The molecule has 0 saturated heterocycles. The van der Waals surface area contributed by atoms with Crippen molar-refractivity contribution in [2.45, 2.75) is 20.3 Å². The highest BCUT2D eigenvalue weighted by atomic mass is 16.1. The lowest BCUT2D eigenvalue weighted by atomic mass is 10.2. The van der Waals surface area contributed by atoms with Gasteiger partial charge in [-0.05, 0) is 24.1 Å². The van der Waals surface area contributed by atoms with Gasteiger partial charge in [-0.1, -0.05) is 44.2 Å². The van der Waals surface area contributed by atoms with Gasteiger partial charge in [0.2, 0.25) is 0 Å². The summed E-state index contributed by atoms with van der Waals surface area (Å²) in [5.41, 5.74) is 1.78. The van der Waals surface area contributed by atoms with Crippen molar-refractivity contribution in [1.29, 1.82) is 0 Å². The Morgan fingerprint density at radius 1 is 1.37 bits per heavy atom. The summed E-state index contributed by atoms with van der Waals surface area (Å²) in [6.07, 6.45) is 13.8. The quantitative estimate of drug-likeness (QED) is 0.834. The van der Waals surface area contributed by atoms with Crippen molar-refractivity contribution >= 4 is 12.1 Å². The zero-order chi connectivity index (χ0) is 13.9. The van der Waals surface area contributed by atoms with Crippen molar-refractivity contribution in [3.63, 3.8) is 0 Å². The van der Waals surface area contributed by atoms with Crippen LogP contribution in [0.4, 0.5) is 5.82 Å². The number of aromatic nitrogens is 1. The summed E-state index contributed by atoms with van der Waals surface area (Å²) in [6, 6.07) is 3.50. The summed E-state index contributed by atoms with van der Waals surface area (Å²) in [6.45, 7) is 4.68. The molecule has 0 aromatic carbocycles. The first-order chi connectivity index (χ1) is 9.40. The molecule has 0 saturated carbocycles. The van der Waals surface area contributed by atoms with Gasteiger partial charge in [0.1, 0.15) is 5.82 Å². The van der Waals surface area contributed by atoms with Gasteiger partial charge in [0.05, 0.1) is 5.56 Å². The third-order valence-electron chi connectivity index (χ3n) is 2.50. The van der Waals surface area contributed by atoms with Crippen molar-refractivity contribution in [1.82, 2.24) is 4.98 Å². The zero-order valence-electron chi connectivity index (χ0n) is 11.5. The summed E-state index contributed by atoms with van der Waals surface area (Å²) in [5, 5.41) is 3.17. The molecule has 1 N–H and O–H groups in total. The fraction of sp³-hybridized carbons (Fsp3) is 0.250. The Bertz CT molecular complexity index is 487. The lowest BCUT2D eigenvalue weighted by molar-refractivity contribution is 0.112. The van der Waals surface area contributed by atoms with E-state index in [0.29, 0.717) is 17.9 Å². The summed E-state index contributed by atoms with van der Waals surface area (Å²) < 4.78 is 0. The second-order valence-electron chi connectivity index (χ2n) is 3.71. The lowest BCUT2D eigenvalue weighted by Crippen LogP contribution is -2.07. The van der Waals surface area contributed by atoms with Crippen LogP contribution in [0, 0.1) is 0 Å². The van der Waals surface area contributed by atoms with Crippen LogP contribution >= 0.6 is 0 Å². The van der Waals surface area contributed by atoms with Crippen LogP contribution < -0.4 is 5.32 Å². The van der Waals surface area contributed by atoms with Gasteiger partial charge in [0.25, 0.3) is 0 Å². The Hall–Kier alpha value is -2.16. The van der Waals surface area contributed by atoms with Crippen LogP contribution in [0.1, 0.15) is 30.6 Å². The molecule has 19 heavy (non-hydrogen) atoms. The zero-order valence-corrected chi connectivity index (χ0v) is 11.5. The van der Waals surface area contributed by atoms with Gasteiger partial charge in [0, 0.05) is 12.7 Å². The standard InChI is InChI=1S/C14H14N2O.C2H6/c17-11-13-8-5-9-15-14(13)16-10-12-6-3-1-2-4-7-12;1-2/h1-3,5-9,11H,4,10H2,(H,15,16);1-2H3. The van der Waals surface area contributed by atoms with Crippen molar-refractivity contribution in [2.24, 2.45) is 0 Å². The third kappa shape index (κ3) is 4.92. The molecule has 1 heterocycles. The van der Waals surface area contributed by atoms with Crippen molar-refractivity contribution in [3.05, 3.63) is 59.8 Å². The number of nitrogens with zero attached hydrogens (tertiary/aromatic N) is 1. The molecule has 1 aromatic rings. The number of carbonyl (C=O) groups excluding carboxylic acids is 1. The fourth-order valence-corrected chi connectivity index (χ4v) is 1.60. The van der Waals surface area contributed by atoms with Crippen LogP contribution in [-0.2, 0) is 0 Å². The van der Waals surface area contributed by atoms with E-state index in [1.807, 2.05) is 26.0 Å². The summed E-state index contributed by atoms with van der Waals surface area (Å²) in [7, 11) is 0. The van der Waals surface area contributed by atoms with Crippen LogP contribution in [0.15, 0.2) is 54.3 Å². The maximum Gasteiger partial charge on any atom is 0.153 e. The number of anilines is 1. The second kappa shape index (κ2) is 8.86. The van der Waals surface area contributed by atoms with Crippen molar-refractivity contribution < 1.29 is 4.79 Å². The molecule has 1 aliphatic rings. The average molecular weight is 256 g/mol. The van der Waals surface area contributed by atoms with E-state index < -0.39 is 0 Å². The monoisotopic (exact) mass is 256 g/mol. The first-order valence-corrected chi connectivity index (χ1v) is 6.56. The van der Waals surface area contributed by atoms with Crippen molar-refractivity contribution in [2.75, 3.05) is 11.9 Å². The van der Waals surface area contributed by atoms with E-state index >= 15 is 0 Å². The molecule has 0 amide bonds. The van der Waals surface area contributed by atoms with Gasteiger partial charge in [-0.3, -0.25) is 4.79 Å². The van der Waals surface area contributed by atoms with E-state index in [2.05, 4.69) is 28.5 Å². The van der Waals surface area contributed by atoms with Crippen LogP contribution in [0.2, 0.25) is 0 Å². The van der Waals surface area contributed by atoms with E-state index in [-0.39, 0.29) is 0 Å². The number of pyridine rings is 1. The number of aldehydes is 1. The highest BCUT2D eigenvalue weighted by molar-refractivity contribution is 5.82. The number of allylic oxidation sites excluding steroid dienone is 4. The number of nitrogens with one attached hydrogen (secondary N) is 1. The highest BCUT2D eigenvalue weighted by Gasteiger charge is 2.01. The Balaban J connectivity index is 0.000000861. The SMILES string of the molecule is CC.O=Cc1cccnc1NCC1=CCC=CC=C1. The normalized spacial score (nSPS) is 12.8. The van der Waals surface area contributed by atoms with Crippen LogP contribution in [0.3, 0.4) is 0 Å². The minimum atomic E-state index is 0.587. The molecule has 0 unspecified atom stereocenters. The predicted octanol–water partition coefficient (Wildman–Crippen LogP) is 3.77. The van der Waals surface area contributed by atoms with Gasteiger partial charge in [0.15, 0.2) is 6.29 Å². The Labute approximate surface area is 114 Å². The maximum absolute atomic E-state index is 10.8. The predicted molar refractivity (Wildman–Crippen MR) is 80.4 cm³/mol. The van der Waals surface area contributed by atoms with Gasteiger partial charge in [-0.25, -0.2) is 4.98 Å². The topological polar surface area (TPSA) is 42.0 Å². The third-order valence-corrected chi connectivity index (χ3v) is 2.50. The molecule has 0 radical (unpaired) electrons. The number of rotatable bonds is 4. The van der Waals surface area contributed by atoms with E-state index in [1.165, 1.54) is 5.57 Å². The number of hydrogen-bond acceptors (Lipinski definition) is 3. The Morgan fingerprint density at radius 2 is 2.21 bits per heavy atom. The lowest BCUT2D eigenvalue weighted by Gasteiger charge is -2.07. The first kappa shape index (κ1) is 14.9. The highest BCUT2D eigenvalue weighted by Crippen LogP contribution is 2.11. The molecule has 0 bridgehead atoms. The largest absolute Gasteiger partial charge is 0.365 e. The molecule has 3 heteroatoms. The van der Waals surface area contributed by atoms with E-state index in [9.17, 15) is 4.79 Å². The average Bonchev–Trinajstić information content (AvgIpc) is 2.76. The summed E-state index contributed by atoms with van der Waals surface area (Å²) >= 11 is 0. The molecule has 0 atom stereocenters. The molecule has 0 aliphatic heterocycles. The molecule has 0 fully saturated rings. The van der Waals surface area contributed by atoms with Gasteiger partial charge < -0.3 is 5.32 Å². The molecule has 1 aliphatic carbocycles. The molecule has 100 valence electrons. The van der Waals surface area contributed by atoms with Crippen LogP contribution in [0.25, 0.3) is 0 Å². The molecule has 3 nitrogen and oxygen atoms in total. The number of hydrogen-bond donors (Lipinski definition) is 1. The van der Waals surface area contributed by atoms with E-state index in [1.54, 1.807) is 18.3 Å². The minimum absolute atomic E-state index is 0.587. The van der Waals surface area contributed by atoms with E-state index in [4.69, 9.17) is 0 Å². The number of carbonyl (C=O) groups is 1. The molecule has 1 aromatic heterocycles. The molecular weight excluding hydrogens is 236 g/mol. The second-order valence-corrected chi connectivity index (χ2v) is 3.71. The van der Waals surface area contributed by atoms with Crippen LogP contribution in [-0.4, -0.2) is 17.8 Å². The smallest absolute Gasteiger partial charge is 0.153 e. The van der Waals surface area contributed by atoms with E-state index in [0.717, 1.165) is 12.7 Å². The van der Waals surface area contributed by atoms with Crippen LogP contribution in [0.5, 0.6) is 0 Å². The minimum Gasteiger partial charge on any atom is -0.365 e. The van der Waals surface area contributed by atoms with Gasteiger partial charge in [-0.15, -0.1) is 0 Å². The van der Waals surface area contributed by atoms with Gasteiger partial charge in [-0.2, -0.15) is 0 Å². The maximum atomic E-state index is 10.8. The molecule has 2 rings (SSSR count). The Morgan fingerprint density at radius 3 is 3.00 bits per heavy atom. The summed E-state index contributed by atoms with van der Waals surface area (Å²) in [4.78, 5) is 15.0. The molecule has 0 spiro atoms. The molecular formula is C16H20N2O. The fourth-order valence-electron chi connectivity index (χ4n) is 1.60.